The number of nitrogens with one attached hydrogen (secondary N) is 1. The van der Waals surface area contributed by atoms with Gasteiger partial charge in [-0.1, -0.05) is 11.6 Å². The van der Waals surface area contributed by atoms with Crippen LogP contribution in [0.1, 0.15) is 0 Å². The monoisotopic (exact) mass is 305 g/mol. The fourth-order valence-corrected chi connectivity index (χ4v) is 2.30. The zero-order valence-corrected chi connectivity index (χ0v) is 11.5. The first-order chi connectivity index (χ1) is 10.1. The third-order valence-electron chi connectivity index (χ3n) is 3.07. The van der Waals surface area contributed by atoms with E-state index in [1.165, 1.54) is 18.2 Å². The Kier molecular flexibility index (Phi) is 3.35. The Balaban J connectivity index is 2.16. The largest absolute Gasteiger partial charge is 0.398 e. The number of fused-ring (bicyclic) bond motifs is 1. The van der Waals surface area contributed by atoms with Crippen molar-refractivity contribution >= 4 is 39.6 Å². The molecule has 0 saturated carbocycles. The van der Waals surface area contributed by atoms with Crippen molar-refractivity contribution in [3.63, 3.8) is 0 Å². The molecule has 6 heteroatoms. The molecule has 0 aliphatic heterocycles. The number of nitrogens with two attached hydrogens (primary N) is 1. The number of hydrogen-bond donors (Lipinski definition) is 2. The molecule has 1 heterocycles. The zero-order chi connectivity index (χ0) is 15.0. The van der Waals surface area contributed by atoms with Crippen LogP contribution in [-0.4, -0.2) is 4.98 Å². The molecule has 3 rings (SSSR count). The number of nitrogen functional groups attached to an aromatic ring is 1. The summed E-state index contributed by atoms with van der Waals surface area (Å²) in [6.45, 7) is 0. The maximum Gasteiger partial charge on any atom is 0.150 e. The van der Waals surface area contributed by atoms with E-state index < -0.39 is 11.6 Å². The molecular weight excluding hydrogens is 296 g/mol. The third kappa shape index (κ3) is 2.48. The van der Waals surface area contributed by atoms with E-state index in [0.717, 1.165) is 6.07 Å². The number of rotatable bonds is 2. The minimum absolute atomic E-state index is 0.147. The van der Waals surface area contributed by atoms with Crippen molar-refractivity contribution in [1.82, 2.24) is 4.98 Å². The summed E-state index contributed by atoms with van der Waals surface area (Å²) in [5.74, 6) is -1.02. The third-order valence-corrected chi connectivity index (χ3v) is 3.38. The van der Waals surface area contributed by atoms with Crippen LogP contribution in [0.4, 0.5) is 25.8 Å². The normalized spacial score (nSPS) is 10.8. The van der Waals surface area contributed by atoms with E-state index in [2.05, 4.69) is 10.3 Å². The summed E-state index contributed by atoms with van der Waals surface area (Å²) in [6.07, 6.45) is 1.54. The van der Waals surface area contributed by atoms with E-state index >= 15 is 0 Å². The van der Waals surface area contributed by atoms with Crippen LogP contribution in [0, 0.1) is 11.6 Å². The van der Waals surface area contributed by atoms with Gasteiger partial charge in [0.15, 0.2) is 5.82 Å². The predicted molar refractivity (Wildman–Crippen MR) is 80.8 cm³/mol. The minimum Gasteiger partial charge on any atom is -0.398 e. The Hall–Kier alpha value is -2.40. The number of halogens is 3. The summed E-state index contributed by atoms with van der Waals surface area (Å²) in [7, 11) is 0. The molecule has 0 aliphatic rings. The Morgan fingerprint density at radius 3 is 2.71 bits per heavy atom. The van der Waals surface area contributed by atoms with Crippen LogP contribution in [-0.2, 0) is 0 Å². The van der Waals surface area contributed by atoms with E-state index in [9.17, 15) is 8.78 Å². The summed E-state index contributed by atoms with van der Waals surface area (Å²) >= 11 is 5.94. The molecule has 3 N–H and O–H groups in total. The van der Waals surface area contributed by atoms with Gasteiger partial charge in [-0.05, 0) is 36.4 Å². The SMILES string of the molecule is Nc1cc(F)c(Nc2ccc(F)cc2Cl)c2ncccc12. The van der Waals surface area contributed by atoms with Gasteiger partial charge in [0.25, 0.3) is 0 Å². The number of hydrogen-bond acceptors (Lipinski definition) is 3. The first kappa shape index (κ1) is 13.6. The number of anilines is 3. The van der Waals surface area contributed by atoms with Crippen LogP contribution >= 0.6 is 11.6 Å². The molecule has 3 aromatic rings. The van der Waals surface area contributed by atoms with Gasteiger partial charge in [0.1, 0.15) is 11.5 Å². The number of benzene rings is 2. The van der Waals surface area contributed by atoms with Gasteiger partial charge in [0, 0.05) is 17.3 Å². The van der Waals surface area contributed by atoms with Crippen molar-refractivity contribution in [2.24, 2.45) is 0 Å². The van der Waals surface area contributed by atoms with Crippen molar-refractivity contribution in [1.29, 1.82) is 0 Å². The van der Waals surface area contributed by atoms with Crippen LogP contribution < -0.4 is 11.1 Å². The molecule has 0 spiro atoms. The van der Waals surface area contributed by atoms with E-state index in [-0.39, 0.29) is 10.7 Å². The van der Waals surface area contributed by atoms with Crippen LogP contribution in [0.15, 0.2) is 42.6 Å². The molecule has 0 radical (unpaired) electrons. The quantitative estimate of drug-likeness (QED) is 0.686. The second kappa shape index (κ2) is 5.18. The average molecular weight is 306 g/mol. The van der Waals surface area contributed by atoms with Gasteiger partial charge < -0.3 is 11.1 Å². The van der Waals surface area contributed by atoms with E-state index in [1.54, 1.807) is 18.3 Å². The highest BCUT2D eigenvalue weighted by Gasteiger charge is 2.13. The van der Waals surface area contributed by atoms with Crippen molar-refractivity contribution in [3.8, 4) is 0 Å². The molecule has 0 aliphatic carbocycles. The minimum atomic E-state index is -0.556. The van der Waals surface area contributed by atoms with Gasteiger partial charge in [-0.2, -0.15) is 0 Å². The molecule has 0 atom stereocenters. The average Bonchev–Trinajstić information content (AvgIpc) is 2.45. The van der Waals surface area contributed by atoms with Gasteiger partial charge in [0.2, 0.25) is 0 Å². The van der Waals surface area contributed by atoms with Gasteiger partial charge in [-0.3, -0.25) is 4.98 Å². The second-order valence-electron chi connectivity index (χ2n) is 4.47. The van der Waals surface area contributed by atoms with Crippen molar-refractivity contribution in [2.75, 3.05) is 11.1 Å². The molecular formula is C15H10ClF2N3. The van der Waals surface area contributed by atoms with Gasteiger partial charge in [0.05, 0.1) is 16.2 Å². The van der Waals surface area contributed by atoms with Gasteiger partial charge in [-0.25, -0.2) is 8.78 Å². The smallest absolute Gasteiger partial charge is 0.150 e. The van der Waals surface area contributed by atoms with Crippen LogP contribution in [0.25, 0.3) is 10.9 Å². The fourth-order valence-electron chi connectivity index (χ4n) is 2.08. The zero-order valence-electron chi connectivity index (χ0n) is 10.7. The standard InChI is InChI=1S/C15H10ClF2N3/c16-10-6-8(17)3-4-13(10)21-15-11(18)7-12(19)9-2-1-5-20-14(9)15/h1-7,21H,19H2. The summed E-state index contributed by atoms with van der Waals surface area (Å²) < 4.78 is 27.2. The summed E-state index contributed by atoms with van der Waals surface area (Å²) in [5.41, 5.74) is 7.00. The highest BCUT2D eigenvalue weighted by Crippen LogP contribution is 2.34. The maximum atomic E-state index is 14.2. The molecule has 0 fully saturated rings. The summed E-state index contributed by atoms with van der Waals surface area (Å²) in [4.78, 5) is 4.15. The van der Waals surface area contributed by atoms with Gasteiger partial charge in [-0.15, -0.1) is 0 Å². The van der Waals surface area contributed by atoms with Crippen LogP contribution in [0.3, 0.4) is 0 Å². The molecule has 0 amide bonds. The van der Waals surface area contributed by atoms with Crippen molar-refractivity contribution < 1.29 is 8.78 Å². The first-order valence-electron chi connectivity index (χ1n) is 6.11. The number of aromatic nitrogens is 1. The highest BCUT2D eigenvalue weighted by molar-refractivity contribution is 6.33. The lowest BCUT2D eigenvalue weighted by Gasteiger charge is -2.13. The lowest BCUT2D eigenvalue weighted by molar-refractivity contribution is 0.628. The van der Waals surface area contributed by atoms with Gasteiger partial charge >= 0.3 is 0 Å². The molecule has 3 nitrogen and oxygen atoms in total. The molecule has 0 saturated heterocycles. The van der Waals surface area contributed by atoms with Crippen molar-refractivity contribution in [3.05, 3.63) is 59.3 Å². The van der Waals surface area contributed by atoms with Crippen LogP contribution in [0.5, 0.6) is 0 Å². The molecule has 1 aromatic heterocycles. The first-order valence-corrected chi connectivity index (χ1v) is 6.49. The second-order valence-corrected chi connectivity index (χ2v) is 4.88. The molecule has 0 unspecified atom stereocenters. The number of nitrogens with zero attached hydrogens (tertiary/aromatic N) is 1. The Morgan fingerprint density at radius 2 is 1.95 bits per heavy atom. The Labute approximate surface area is 124 Å². The van der Waals surface area contributed by atoms with E-state index in [0.29, 0.717) is 22.3 Å². The molecule has 21 heavy (non-hydrogen) atoms. The van der Waals surface area contributed by atoms with E-state index in [4.69, 9.17) is 17.3 Å². The summed E-state index contributed by atoms with van der Waals surface area (Å²) in [6, 6.07) is 8.49. The predicted octanol–water partition coefficient (Wildman–Crippen LogP) is 4.49. The molecule has 0 bridgehead atoms. The summed E-state index contributed by atoms with van der Waals surface area (Å²) in [5, 5.41) is 3.62. The Morgan fingerprint density at radius 1 is 1.14 bits per heavy atom. The Bertz CT molecular complexity index is 837. The van der Waals surface area contributed by atoms with E-state index in [1.807, 2.05) is 0 Å². The fraction of sp³-hybridized carbons (Fsp3) is 0. The maximum absolute atomic E-state index is 14.2. The van der Waals surface area contributed by atoms with Crippen molar-refractivity contribution in [2.45, 2.75) is 0 Å². The number of pyridine rings is 1. The topological polar surface area (TPSA) is 50.9 Å². The molecule has 106 valence electrons. The van der Waals surface area contributed by atoms with Crippen LogP contribution in [0.2, 0.25) is 5.02 Å². The highest BCUT2D eigenvalue weighted by atomic mass is 35.5. The lowest BCUT2D eigenvalue weighted by atomic mass is 10.1. The molecule has 2 aromatic carbocycles. The lowest BCUT2D eigenvalue weighted by Crippen LogP contribution is -2.00.